The molecule has 8 heteroatoms. The maximum Gasteiger partial charge on any atom is 0.224 e. The maximum atomic E-state index is 8.19. The second kappa shape index (κ2) is 7.97. The van der Waals surface area contributed by atoms with Crippen molar-refractivity contribution in [2.24, 2.45) is 0 Å². The predicted molar refractivity (Wildman–Crippen MR) is 107 cm³/mol. The van der Waals surface area contributed by atoms with E-state index in [0.717, 1.165) is 50.3 Å². The van der Waals surface area contributed by atoms with Gasteiger partial charge in [-0.2, -0.15) is 0 Å². The number of morpholine rings is 1. The first-order chi connectivity index (χ1) is 13.6. The van der Waals surface area contributed by atoms with E-state index in [1.807, 2.05) is 16.7 Å². The molecule has 0 radical (unpaired) electrons. The smallest absolute Gasteiger partial charge is 0.224 e. The minimum Gasteiger partial charge on any atom is -0.491 e. The van der Waals surface area contributed by atoms with Crippen molar-refractivity contribution in [1.29, 1.82) is 5.41 Å². The quantitative estimate of drug-likeness (QED) is 0.736. The largest absolute Gasteiger partial charge is 0.491 e. The maximum absolute atomic E-state index is 8.19. The van der Waals surface area contributed by atoms with E-state index in [0.29, 0.717) is 23.6 Å². The van der Waals surface area contributed by atoms with Crippen molar-refractivity contribution in [2.75, 3.05) is 45.2 Å². The highest BCUT2D eigenvalue weighted by atomic mass is 16.5. The van der Waals surface area contributed by atoms with Gasteiger partial charge in [-0.3, -0.25) is 14.9 Å². The molecule has 2 aliphatic heterocycles. The molecule has 152 valence electrons. The normalized spacial score (nSPS) is 22.1. The third kappa shape index (κ3) is 3.66. The summed E-state index contributed by atoms with van der Waals surface area (Å²) in [6.45, 7) is 9.34. The van der Waals surface area contributed by atoms with Gasteiger partial charge in [0.15, 0.2) is 11.5 Å². The number of ether oxygens (including phenoxy) is 3. The lowest BCUT2D eigenvalue weighted by molar-refractivity contribution is -0.0686. The summed E-state index contributed by atoms with van der Waals surface area (Å²) in [7, 11) is 1.62. The first-order valence-corrected chi connectivity index (χ1v) is 9.97. The molecule has 2 N–H and O–H groups in total. The van der Waals surface area contributed by atoms with E-state index in [1.54, 1.807) is 7.11 Å². The SMILES string of the molecule is COc1c(OCCCN2C[C@@H](C)O[C@@H](C)C2)ccc2c3n(c(=N)nc12)CCN3. The van der Waals surface area contributed by atoms with Gasteiger partial charge in [-0.1, -0.05) is 0 Å². The van der Waals surface area contributed by atoms with E-state index >= 15 is 0 Å². The van der Waals surface area contributed by atoms with Crippen LogP contribution in [-0.4, -0.2) is 66.6 Å². The molecule has 0 spiro atoms. The summed E-state index contributed by atoms with van der Waals surface area (Å²) in [5.74, 6) is 2.20. The average molecular weight is 387 g/mol. The minimum absolute atomic E-state index is 0.235. The Labute approximate surface area is 164 Å². The molecule has 28 heavy (non-hydrogen) atoms. The van der Waals surface area contributed by atoms with Gasteiger partial charge in [0.05, 0.1) is 25.9 Å². The number of benzene rings is 1. The fourth-order valence-corrected chi connectivity index (χ4v) is 4.21. The van der Waals surface area contributed by atoms with Crippen LogP contribution in [0.2, 0.25) is 0 Å². The lowest BCUT2D eigenvalue weighted by Gasteiger charge is -2.35. The molecule has 0 bridgehead atoms. The molecule has 0 aliphatic carbocycles. The molecule has 2 aromatic rings. The Morgan fingerprint density at radius 3 is 2.82 bits per heavy atom. The number of aromatic nitrogens is 2. The number of nitrogens with zero attached hydrogens (tertiary/aromatic N) is 3. The first-order valence-electron chi connectivity index (χ1n) is 9.97. The number of fused-ring (bicyclic) bond motifs is 3. The third-order valence-electron chi connectivity index (χ3n) is 5.30. The van der Waals surface area contributed by atoms with Gasteiger partial charge in [0.25, 0.3) is 0 Å². The third-order valence-corrected chi connectivity index (χ3v) is 5.30. The number of nitrogens with one attached hydrogen (secondary N) is 2. The summed E-state index contributed by atoms with van der Waals surface area (Å²) < 4.78 is 19.3. The van der Waals surface area contributed by atoms with E-state index in [1.165, 1.54) is 0 Å². The van der Waals surface area contributed by atoms with Crippen molar-refractivity contribution in [3.8, 4) is 11.5 Å². The fraction of sp³-hybridized carbons (Fsp3) is 0.600. The van der Waals surface area contributed by atoms with Crippen LogP contribution in [-0.2, 0) is 11.3 Å². The van der Waals surface area contributed by atoms with Crippen molar-refractivity contribution < 1.29 is 14.2 Å². The lowest BCUT2D eigenvalue weighted by Crippen LogP contribution is -2.45. The first kappa shape index (κ1) is 19.0. The van der Waals surface area contributed by atoms with Crippen molar-refractivity contribution >= 4 is 16.7 Å². The number of hydrogen-bond donors (Lipinski definition) is 2. The molecule has 0 unspecified atom stereocenters. The molecule has 2 aliphatic rings. The molecule has 0 saturated carbocycles. The highest BCUT2D eigenvalue weighted by Crippen LogP contribution is 2.37. The van der Waals surface area contributed by atoms with Crippen LogP contribution < -0.4 is 20.4 Å². The Bertz CT molecular complexity index is 903. The molecular weight excluding hydrogens is 358 g/mol. The summed E-state index contributed by atoms with van der Waals surface area (Å²) in [6.07, 6.45) is 1.49. The number of anilines is 1. The second-order valence-electron chi connectivity index (χ2n) is 7.57. The van der Waals surface area contributed by atoms with Gasteiger partial charge in [-0.05, 0) is 32.4 Å². The number of methoxy groups -OCH3 is 1. The highest BCUT2D eigenvalue weighted by molar-refractivity contribution is 5.95. The summed E-state index contributed by atoms with van der Waals surface area (Å²) >= 11 is 0. The summed E-state index contributed by atoms with van der Waals surface area (Å²) in [6, 6.07) is 3.93. The van der Waals surface area contributed by atoms with Crippen LogP contribution in [0.1, 0.15) is 20.3 Å². The van der Waals surface area contributed by atoms with Gasteiger partial charge in [0.1, 0.15) is 11.3 Å². The molecule has 0 amide bonds. The molecule has 1 aromatic carbocycles. The molecule has 1 aromatic heterocycles. The summed E-state index contributed by atoms with van der Waals surface area (Å²) in [5, 5.41) is 12.5. The zero-order valence-corrected chi connectivity index (χ0v) is 16.8. The zero-order chi connectivity index (χ0) is 19.7. The Hall–Kier alpha value is -2.32. The van der Waals surface area contributed by atoms with Crippen LogP contribution in [0.3, 0.4) is 0 Å². The van der Waals surface area contributed by atoms with Gasteiger partial charge in [-0.15, -0.1) is 0 Å². The average Bonchev–Trinajstić information content (AvgIpc) is 3.15. The topological polar surface area (TPSA) is 84.6 Å². The van der Waals surface area contributed by atoms with Crippen LogP contribution in [0.25, 0.3) is 10.9 Å². The molecule has 1 fully saturated rings. The predicted octanol–water partition coefficient (Wildman–Crippen LogP) is 1.83. The van der Waals surface area contributed by atoms with Crippen LogP contribution in [0.15, 0.2) is 12.1 Å². The Morgan fingerprint density at radius 1 is 1.29 bits per heavy atom. The van der Waals surface area contributed by atoms with Crippen LogP contribution in [0.4, 0.5) is 5.82 Å². The summed E-state index contributed by atoms with van der Waals surface area (Å²) in [5.41, 5.74) is 0.903. The molecule has 1 saturated heterocycles. The van der Waals surface area contributed by atoms with Crippen molar-refractivity contribution in [3.63, 3.8) is 0 Å². The zero-order valence-electron chi connectivity index (χ0n) is 16.8. The molecule has 3 heterocycles. The van der Waals surface area contributed by atoms with Crippen molar-refractivity contribution in [3.05, 3.63) is 17.8 Å². The summed E-state index contributed by atoms with van der Waals surface area (Å²) in [4.78, 5) is 6.89. The Morgan fingerprint density at radius 2 is 2.07 bits per heavy atom. The van der Waals surface area contributed by atoms with E-state index in [-0.39, 0.29) is 17.8 Å². The molecular formula is C20H29N5O3. The number of hydrogen-bond acceptors (Lipinski definition) is 7. The fourth-order valence-electron chi connectivity index (χ4n) is 4.21. The number of rotatable bonds is 6. The van der Waals surface area contributed by atoms with E-state index in [2.05, 4.69) is 29.0 Å². The van der Waals surface area contributed by atoms with Crippen molar-refractivity contribution in [1.82, 2.24) is 14.5 Å². The lowest BCUT2D eigenvalue weighted by atomic mass is 10.2. The van der Waals surface area contributed by atoms with E-state index in [9.17, 15) is 0 Å². The van der Waals surface area contributed by atoms with Gasteiger partial charge in [0.2, 0.25) is 5.62 Å². The van der Waals surface area contributed by atoms with E-state index < -0.39 is 0 Å². The standard InChI is InChI=1S/C20H29N5O3/c1-13-11-24(12-14(2)28-13)8-4-10-27-16-6-5-15-17(18(16)26-3)23-20(21)25-9-7-22-19(15)25/h5-6,13-14,21-22H,4,7-12H2,1-3H3/t13-,14+. The van der Waals surface area contributed by atoms with Gasteiger partial charge in [-0.25, -0.2) is 4.98 Å². The molecule has 4 rings (SSSR count). The Balaban J connectivity index is 1.46. The van der Waals surface area contributed by atoms with E-state index in [4.69, 9.17) is 19.6 Å². The Kier molecular flexibility index (Phi) is 5.41. The van der Waals surface area contributed by atoms with Crippen LogP contribution >= 0.6 is 0 Å². The van der Waals surface area contributed by atoms with Crippen LogP contribution in [0.5, 0.6) is 11.5 Å². The van der Waals surface area contributed by atoms with Crippen molar-refractivity contribution in [2.45, 2.75) is 39.0 Å². The van der Waals surface area contributed by atoms with Gasteiger partial charge < -0.3 is 19.5 Å². The molecule has 8 nitrogen and oxygen atoms in total. The van der Waals surface area contributed by atoms with Crippen LogP contribution in [0, 0.1) is 5.41 Å². The second-order valence-corrected chi connectivity index (χ2v) is 7.57. The highest BCUT2D eigenvalue weighted by Gasteiger charge is 2.22. The van der Waals surface area contributed by atoms with Gasteiger partial charge in [0, 0.05) is 38.1 Å². The monoisotopic (exact) mass is 387 g/mol. The molecule has 2 atom stereocenters. The van der Waals surface area contributed by atoms with Gasteiger partial charge >= 0.3 is 0 Å². The minimum atomic E-state index is 0.235.